The van der Waals surface area contributed by atoms with E-state index in [9.17, 15) is 9.90 Å². The van der Waals surface area contributed by atoms with Crippen LogP contribution in [0.2, 0.25) is 0 Å². The van der Waals surface area contributed by atoms with Crippen molar-refractivity contribution in [3.05, 3.63) is 22.4 Å². The molecule has 1 aromatic rings. The first-order valence-corrected chi connectivity index (χ1v) is 7.66. The van der Waals surface area contributed by atoms with Crippen LogP contribution in [0, 0.1) is 5.92 Å². The van der Waals surface area contributed by atoms with Gasteiger partial charge >= 0.3 is 6.03 Å². The van der Waals surface area contributed by atoms with Gasteiger partial charge in [0.25, 0.3) is 0 Å². The summed E-state index contributed by atoms with van der Waals surface area (Å²) in [6, 6.07) is 1.91. The number of aliphatic hydroxyl groups excluding tert-OH is 1. The molecule has 0 aromatic carbocycles. The Labute approximate surface area is 119 Å². The predicted molar refractivity (Wildman–Crippen MR) is 79.6 cm³/mol. The Hall–Kier alpha value is -1.07. The number of aliphatic hydroxyl groups is 1. The molecule has 3 N–H and O–H groups in total. The number of urea groups is 1. The van der Waals surface area contributed by atoms with E-state index in [0.29, 0.717) is 25.4 Å². The first-order chi connectivity index (χ1) is 9.00. The normalized spacial score (nSPS) is 14.2. The molecule has 1 rings (SSSR count). The van der Waals surface area contributed by atoms with Crippen molar-refractivity contribution in [2.45, 2.75) is 39.2 Å². The smallest absolute Gasteiger partial charge is 0.314 e. The summed E-state index contributed by atoms with van der Waals surface area (Å²) >= 11 is 1.67. The van der Waals surface area contributed by atoms with E-state index < -0.39 is 0 Å². The maximum absolute atomic E-state index is 11.6. The number of rotatable bonds is 7. The van der Waals surface area contributed by atoms with Gasteiger partial charge in [-0.15, -0.1) is 0 Å². The van der Waals surface area contributed by atoms with Crippen LogP contribution < -0.4 is 10.6 Å². The van der Waals surface area contributed by atoms with Crippen LogP contribution in [0.3, 0.4) is 0 Å². The molecule has 0 fully saturated rings. The van der Waals surface area contributed by atoms with Crippen LogP contribution in [0.1, 0.15) is 38.7 Å². The molecule has 4 nitrogen and oxygen atoms in total. The largest absolute Gasteiger partial charge is 0.393 e. The van der Waals surface area contributed by atoms with Crippen molar-refractivity contribution in [1.82, 2.24) is 10.6 Å². The molecular formula is C14H24N2O2S. The molecule has 0 aliphatic carbocycles. The number of carbonyl (C=O) groups excluding carboxylic acids is 1. The van der Waals surface area contributed by atoms with Gasteiger partial charge in [0.2, 0.25) is 0 Å². The van der Waals surface area contributed by atoms with Crippen molar-refractivity contribution in [2.24, 2.45) is 5.92 Å². The van der Waals surface area contributed by atoms with Crippen LogP contribution in [-0.2, 0) is 0 Å². The summed E-state index contributed by atoms with van der Waals surface area (Å²) in [6.45, 7) is 7.14. The molecule has 0 spiro atoms. The first-order valence-electron chi connectivity index (χ1n) is 6.72. The van der Waals surface area contributed by atoms with Crippen molar-refractivity contribution in [3.63, 3.8) is 0 Å². The van der Waals surface area contributed by atoms with Gasteiger partial charge in [0, 0.05) is 13.1 Å². The van der Waals surface area contributed by atoms with Crippen molar-refractivity contribution in [2.75, 3.05) is 13.1 Å². The molecule has 0 saturated heterocycles. The zero-order valence-corrected chi connectivity index (χ0v) is 12.7. The minimum absolute atomic E-state index is 0.168. The maximum atomic E-state index is 11.6. The van der Waals surface area contributed by atoms with E-state index in [4.69, 9.17) is 0 Å². The van der Waals surface area contributed by atoms with Crippen LogP contribution >= 0.6 is 11.3 Å². The highest BCUT2D eigenvalue weighted by Crippen LogP contribution is 2.16. The summed E-state index contributed by atoms with van der Waals surface area (Å²) < 4.78 is 0. The third-order valence-electron chi connectivity index (χ3n) is 3.18. The van der Waals surface area contributed by atoms with Crippen LogP contribution in [0.25, 0.3) is 0 Å². The standard InChI is InChI=1S/C14H24N2O2S/c1-10(2)13(17)4-6-15-14(18)16-8-11(3)12-5-7-19-9-12/h5,7,9-11,13,17H,4,6,8H2,1-3H3,(H2,15,16,18). The molecule has 2 amide bonds. The van der Waals surface area contributed by atoms with E-state index >= 15 is 0 Å². The van der Waals surface area contributed by atoms with E-state index in [1.54, 1.807) is 11.3 Å². The molecule has 108 valence electrons. The molecule has 0 radical (unpaired) electrons. The maximum Gasteiger partial charge on any atom is 0.314 e. The Morgan fingerprint density at radius 1 is 1.37 bits per heavy atom. The minimum Gasteiger partial charge on any atom is -0.393 e. The number of hydrogen-bond acceptors (Lipinski definition) is 3. The highest BCUT2D eigenvalue weighted by molar-refractivity contribution is 7.07. The summed E-state index contributed by atoms with van der Waals surface area (Å²) in [5, 5.41) is 19.4. The van der Waals surface area contributed by atoms with E-state index in [0.717, 1.165) is 0 Å². The van der Waals surface area contributed by atoms with Crippen molar-refractivity contribution in [3.8, 4) is 0 Å². The summed E-state index contributed by atoms with van der Waals surface area (Å²) in [5.41, 5.74) is 1.25. The monoisotopic (exact) mass is 284 g/mol. The lowest BCUT2D eigenvalue weighted by molar-refractivity contribution is 0.116. The Kier molecular flexibility index (Phi) is 6.87. The average Bonchev–Trinajstić information content (AvgIpc) is 2.89. The van der Waals surface area contributed by atoms with Crippen molar-refractivity contribution < 1.29 is 9.90 Å². The molecule has 2 unspecified atom stereocenters. The lowest BCUT2D eigenvalue weighted by Crippen LogP contribution is -2.38. The zero-order chi connectivity index (χ0) is 14.3. The molecular weight excluding hydrogens is 260 g/mol. The van der Waals surface area contributed by atoms with Gasteiger partial charge in [0.15, 0.2) is 0 Å². The quantitative estimate of drug-likeness (QED) is 0.720. The average molecular weight is 284 g/mol. The van der Waals surface area contributed by atoms with Gasteiger partial charge in [0.05, 0.1) is 6.10 Å². The number of thiophene rings is 1. The number of carbonyl (C=O) groups is 1. The summed E-state index contributed by atoms with van der Waals surface area (Å²) in [5.74, 6) is 0.543. The van der Waals surface area contributed by atoms with Crippen LogP contribution in [-0.4, -0.2) is 30.3 Å². The SMILES string of the molecule is CC(CNC(=O)NCCC(O)C(C)C)c1ccsc1. The molecule has 5 heteroatoms. The molecule has 19 heavy (non-hydrogen) atoms. The van der Waals surface area contributed by atoms with Crippen LogP contribution in [0.15, 0.2) is 16.8 Å². The zero-order valence-electron chi connectivity index (χ0n) is 11.8. The van der Waals surface area contributed by atoms with Gasteiger partial charge in [-0.1, -0.05) is 20.8 Å². The van der Waals surface area contributed by atoms with Gasteiger partial charge in [0.1, 0.15) is 0 Å². The summed E-state index contributed by atoms with van der Waals surface area (Å²) in [4.78, 5) is 11.6. The molecule has 0 aliphatic rings. The third kappa shape index (κ3) is 6.07. The van der Waals surface area contributed by atoms with Gasteiger partial charge in [-0.2, -0.15) is 11.3 Å². The first kappa shape index (κ1) is 16.0. The number of nitrogens with one attached hydrogen (secondary N) is 2. The van der Waals surface area contributed by atoms with Gasteiger partial charge in [-0.25, -0.2) is 4.79 Å². The van der Waals surface area contributed by atoms with Crippen molar-refractivity contribution >= 4 is 17.4 Å². The molecule has 0 bridgehead atoms. The second-order valence-electron chi connectivity index (χ2n) is 5.19. The lowest BCUT2D eigenvalue weighted by atomic mass is 10.0. The Balaban J connectivity index is 2.14. The summed E-state index contributed by atoms with van der Waals surface area (Å²) in [7, 11) is 0. The fourth-order valence-corrected chi connectivity index (χ4v) is 2.43. The molecule has 1 heterocycles. The van der Waals surface area contributed by atoms with Crippen LogP contribution in [0.4, 0.5) is 4.79 Å². The highest BCUT2D eigenvalue weighted by atomic mass is 32.1. The topological polar surface area (TPSA) is 61.4 Å². The lowest BCUT2D eigenvalue weighted by Gasteiger charge is -2.15. The van der Waals surface area contributed by atoms with E-state index in [2.05, 4.69) is 29.0 Å². The van der Waals surface area contributed by atoms with E-state index in [-0.39, 0.29) is 18.1 Å². The Morgan fingerprint density at radius 3 is 2.68 bits per heavy atom. The second-order valence-corrected chi connectivity index (χ2v) is 5.97. The van der Waals surface area contributed by atoms with Gasteiger partial charge in [-0.3, -0.25) is 0 Å². The predicted octanol–water partition coefficient (Wildman–Crippen LogP) is 2.56. The minimum atomic E-state index is -0.356. The van der Waals surface area contributed by atoms with Crippen LogP contribution in [0.5, 0.6) is 0 Å². The van der Waals surface area contributed by atoms with Crippen molar-refractivity contribution in [1.29, 1.82) is 0 Å². The molecule has 1 aromatic heterocycles. The van der Waals surface area contributed by atoms with Gasteiger partial charge < -0.3 is 15.7 Å². The molecule has 2 atom stereocenters. The van der Waals surface area contributed by atoms with Gasteiger partial charge in [-0.05, 0) is 40.6 Å². The van der Waals surface area contributed by atoms with E-state index in [1.807, 2.05) is 19.2 Å². The molecule has 0 saturated carbocycles. The highest BCUT2D eigenvalue weighted by Gasteiger charge is 2.10. The second kappa shape index (κ2) is 8.17. The van der Waals surface area contributed by atoms with E-state index in [1.165, 1.54) is 5.56 Å². The molecule has 0 aliphatic heterocycles. The Bertz CT molecular complexity index is 366. The number of hydrogen-bond donors (Lipinski definition) is 3. The third-order valence-corrected chi connectivity index (χ3v) is 3.88. The number of amides is 2. The Morgan fingerprint density at radius 2 is 2.11 bits per heavy atom. The fourth-order valence-electron chi connectivity index (χ4n) is 1.65. The summed E-state index contributed by atoms with van der Waals surface area (Å²) in [6.07, 6.45) is 0.232. The fraction of sp³-hybridized carbons (Fsp3) is 0.643.